The number of nitrogens with one attached hydrogen (secondary N) is 1. The maximum Gasteiger partial charge on any atom is 0.293 e. The van der Waals surface area contributed by atoms with Gasteiger partial charge < -0.3 is 19.9 Å². The lowest BCUT2D eigenvalue weighted by Crippen LogP contribution is -2.47. The molecule has 0 aromatic heterocycles. The van der Waals surface area contributed by atoms with Crippen molar-refractivity contribution in [2.24, 2.45) is 11.0 Å². The van der Waals surface area contributed by atoms with Crippen molar-refractivity contribution < 1.29 is 18.7 Å². The number of ether oxygens (including phenoxy) is 1. The molecule has 22 heavy (non-hydrogen) atoms. The van der Waals surface area contributed by atoms with Crippen LogP contribution in [0.2, 0.25) is 0 Å². The summed E-state index contributed by atoms with van der Waals surface area (Å²) in [5.74, 6) is 0.0227. The van der Waals surface area contributed by atoms with E-state index in [1.807, 2.05) is 4.90 Å². The number of carbonyl (C=O) groups excluding carboxylic acids is 2. The topological polar surface area (TPSA) is 71.0 Å². The van der Waals surface area contributed by atoms with E-state index in [-0.39, 0.29) is 12.5 Å². The van der Waals surface area contributed by atoms with Crippen LogP contribution >= 0.6 is 0 Å². The second-order valence-electron chi connectivity index (χ2n) is 4.97. The van der Waals surface area contributed by atoms with Crippen LogP contribution in [0.3, 0.4) is 0 Å². The molecule has 1 N–H and O–H groups in total. The molecule has 1 saturated heterocycles. The van der Waals surface area contributed by atoms with Crippen LogP contribution in [0.5, 0.6) is 0 Å². The van der Waals surface area contributed by atoms with E-state index in [4.69, 9.17) is 4.74 Å². The molecular weight excluding hydrogens is 289 g/mol. The summed E-state index contributed by atoms with van der Waals surface area (Å²) in [6.45, 7) is 0.956. The molecular formula is C15H18FN3O3. The quantitative estimate of drug-likeness (QED) is 0.439. The second kappa shape index (κ2) is 7.53. The van der Waals surface area contributed by atoms with Crippen molar-refractivity contribution in [2.75, 3.05) is 31.6 Å². The lowest BCUT2D eigenvalue weighted by Gasteiger charge is -2.39. The number of alkyl halides is 1. The van der Waals surface area contributed by atoms with Crippen molar-refractivity contribution in [3.8, 4) is 0 Å². The molecule has 0 bridgehead atoms. The van der Waals surface area contributed by atoms with Crippen LogP contribution in [0.25, 0.3) is 0 Å². The van der Waals surface area contributed by atoms with Gasteiger partial charge in [0.15, 0.2) is 0 Å². The van der Waals surface area contributed by atoms with Crippen molar-refractivity contribution in [1.29, 1.82) is 0 Å². The number of benzene rings is 1. The number of hydrazone groups is 1. The predicted octanol–water partition coefficient (Wildman–Crippen LogP) is 0.888. The summed E-state index contributed by atoms with van der Waals surface area (Å²) in [5, 5.41) is 4.04. The average Bonchev–Trinajstić information content (AvgIpc) is 2.50. The highest BCUT2D eigenvalue weighted by molar-refractivity contribution is 6.02. The first kappa shape index (κ1) is 15.9. The molecule has 118 valence electrons. The Balaban J connectivity index is 2.22. The number of nitrogens with zero attached hydrogens (tertiary/aromatic N) is 2. The van der Waals surface area contributed by atoms with Crippen molar-refractivity contribution in [2.45, 2.75) is 6.67 Å². The van der Waals surface area contributed by atoms with Gasteiger partial charge in [-0.2, -0.15) is 5.10 Å². The van der Waals surface area contributed by atoms with E-state index in [2.05, 4.69) is 10.5 Å². The van der Waals surface area contributed by atoms with Crippen molar-refractivity contribution in [3.63, 3.8) is 0 Å². The minimum Gasteiger partial charge on any atom is -0.461 e. The maximum atomic E-state index is 13.3. The zero-order chi connectivity index (χ0) is 15.9. The summed E-state index contributed by atoms with van der Waals surface area (Å²) in [7, 11) is 1.63. The van der Waals surface area contributed by atoms with Gasteiger partial charge in [-0.3, -0.25) is 4.79 Å². The molecule has 7 heteroatoms. The molecule has 0 amide bonds. The van der Waals surface area contributed by atoms with Gasteiger partial charge in [0.1, 0.15) is 25.3 Å². The van der Waals surface area contributed by atoms with Gasteiger partial charge in [0, 0.05) is 42.9 Å². The molecule has 0 spiro atoms. The van der Waals surface area contributed by atoms with Crippen LogP contribution < -0.4 is 10.3 Å². The highest BCUT2D eigenvalue weighted by atomic mass is 19.1. The van der Waals surface area contributed by atoms with E-state index in [1.165, 1.54) is 0 Å². The summed E-state index contributed by atoms with van der Waals surface area (Å²) >= 11 is 0. The van der Waals surface area contributed by atoms with Crippen LogP contribution in [0.1, 0.15) is 11.1 Å². The van der Waals surface area contributed by atoms with Crippen LogP contribution in [-0.2, 0) is 21.0 Å². The molecule has 6 nitrogen and oxygen atoms in total. The Morgan fingerprint density at radius 3 is 2.86 bits per heavy atom. The van der Waals surface area contributed by atoms with Crippen LogP contribution in [0, 0.1) is 5.92 Å². The molecule has 2 rings (SSSR count). The Labute approximate surface area is 127 Å². The first-order valence-electron chi connectivity index (χ1n) is 6.91. The smallest absolute Gasteiger partial charge is 0.293 e. The number of hydrogen-bond acceptors (Lipinski definition) is 6. The summed E-state index contributed by atoms with van der Waals surface area (Å²) < 4.78 is 18.0. The van der Waals surface area contributed by atoms with Crippen LogP contribution in [0.15, 0.2) is 23.3 Å². The number of carbonyl (C=O) groups is 2. The number of anilines is 1. The summed E-state index contributed by atoms with van der Waals surface area (Å²) in [6, 6.07) is 5.29. The molecule has 1 fully saturated rings. The third kappa shape index (κ3) is 3.41. The summed E-state index contributed by atoms with van der Waals surface area (Å²) in [6.07, 6.45) is 0.925. The molecule has 0 unspecified atom stereocenters. The van der Waals surface area contributed by atoms with Crippen molar-refractivity contribution in [1.82, 2.24) is 5.43 Å². The fourth-order valence-corrected chi connectivity index (χ4v) is 2.40. The standard InChI is InChI=1S/C15H18FN3O3/c1-17-18-14(9-22-10-21)12-2-3-15(13(4-12)5-16)19-6-11(7-19)8-20/h2-4,8,10-11,17H,5-7,9H2,1H3/b18-14+. The third-order valence-corrected chi connectivity index (χ3v) is 3.53. The largest absolute Gasteiger partial charge is 0.461 e. The number of aldehydes is 1. The van der Waals surface area contributed by atoms with Gasteiger partial charge in [-0.05, 0) is 12.1 Å². The first-order valence-corrected chi connectivity index (χ1v) is 6.91. The Morgan fingerprint density at radius 2 is 2.27 bits per heavy atom. The van der Waals surface area contributed by atoms with E-state index >= 15 is 0 Å². The minimum atomic E-state index is -0.618. The lowest BCUT2D eigenvalue weighted by molar-refractivity contribution is -0.127. The fraction of sp³-hybridized carbons (Fsp3) is 0.400. The van der Waals surface area contributed by atoms with Gasteiger partial charge in [-0.25, -0.2) is 4.39 Å². The number of halogens is 1. The Morgan fingerprint density at radius 1 is 1.50 bits per heavy atom. The Kier molecular flexibility index (Phi) is 5.46. The van der Waals surface area contributed by atoms with Crippen molar-refractivity contribution in [3.05, 3.63) is 29.3 Å². The molecule has 1 aromatic carbocycles. The van der Waals surface area contributed by atoms with Gasteiger partial charge in [-0.15, -0.1) is 0 Å². The first-order chi connectivity index (χ1) is 10.7. The van der Waals surface area contributed by atoms with E-state index in [0.717, 1.165) is 12.0 Å². The van der Waals surface area contributed by atoms with E-state index < -0.39 is 6.67 Å². The van der Waals surface area contributed by atoms with Gasteiger partial charge in [0.2, 0.25) is 0 Å². The Bertz CT molecular complexity index is 571. The molecule has 0 atom stereocenters. The number of hydrogen-bond donors (Lipinski definition) is 1. The van der Waals surface area contributed by atoms with Gasteiger partial charge >= 0.3 is 0 Å². The SMILES string of the molecule is CN/N=C(\COC=O)c1ccc(N2CC(C=O)C2)c(CF)c1. The second-order valence-corrected chi connectivity index (χ2v) is 4.97. The molecule has 1 aromatic rings. The van der Waals surface area contributed by atoms with Gasteiger partial charge in [0.05, 0.1) is 0 Å². The van der Waals surface area contributed by atoms with Gasteiger partial charge in [0.25, 0.3) is 6.47 Å². The van der Waals surface area contributed by atoms with E-state index in [1.54, 1.807) is 25.2 Å². The predicted molar refractivity (Wildman–Crippen MR) is 80.6 cm³/mol. The minimum absolute atomic E-state index is 0.00629. The zero-order valence-electron chi connectivity index (χ0n) is 12.3. The van der Waals surface area contributed by atoms with E-state index in [9.17, 15) is 14.0 Å². The van der Waals surface area contributed by atoms with E-state index in [0.29, 0.717) is 36.4 Å². The van der Waals surface area contributed by atoms with Crippen molar-refractivity contribution >= 4 is 24.2 Å². The molecule has 1 aliphatic rings. The average molecular weight is 307 g/mol. The van der Waals surface area contributed by atoms with Crippen LogP contribution in [-0.4, -0.2) is 45.2 Å². The fourth-order valence-electron chi connectivity index (χ4n) is 2.40. The molecule has 1 aliphatic heterocycles. The molecule has 0 saturated carbocycles. The zero-order valence-corrected chi connectivity index (χ0v) is 12.3. The summed E-state index contributed by atoms with van der Waals surface area (Å²) in [5.41, 5.74) is 5.13. The lowest BCUT2D eigenvalue weighted by atomic mass is 9.98. The normalized spacial score (nSPS) is 15.2. The van der Waals surface area contributed by atoms with Gasteiger partial charge in [-0.1, -0.05) is 6.07 Å². The third-order valence-electron chi connectivity index (χ3n) is 3.53. The highest BCUT2D eigenvalue weighted by Gasteiger charge is 2.28. The maximum absolute atomic E-state index is 13.3. The molecule has 1 heterocycles. The molecule has 0 aliphatic carbocycles. The number of rotatable bonds is 8. The van der Waals surface area contributed by atoms with Crippen LogP contribution in [0.4, 0.5) is 10.1 Å². The highest BCUT2D eigenvalue weighted by Crippen LogP contribution is 2.29. The molecule has 0 radical (unpaired) electrons. The monoisotopic (exact) mass is 307 g/mol. The Hall–Kier alpha value is -2.44. The summed E-state index contributed by atoms with van der Waals surface area (Å²) in [4.78, 5) is 23.0.